The fraction of sp³-hybridized carbons (Fsp3) is 0.312. The second-order valence-electron chi connectivity index (χ2n) is 5.37. The summed E-state index contributed by atoms with van der Waals surface area (Å²) in [5.41, 5.74) is 5.64. The zero-order valence-corrected chi connectivity index (χ0v) is 11.5. The minimum Gasteiger partial charge on any atom is -0.363 e. The van der Waals surface area contributed by atoms with Crippen molar-refractivity contribution < 1.29 is 0 Å². The molecule has 0 saturated carbocycles. The van der Waals surface area contributed by atoms with Crippen LogP contribution in [-0.4, -0.2) is 9.78 Å². The molecule has 1 aliphatic heterocycles. The van der Waals surface area contributed by atoms with Gasteiger partial charge >= 0.3 is 0 Å². The number of fused-ring (bicyclic) bond motifs is 1. The van der Waals surface area contributed by atoms with E-state index >= 15 is 0 Å². The summed E-state index contributed by atoms with van der Waals surface area (Å²) in [5.74, 6) is 0.275. The van der Waals surface area contributed by atoms with E-state index in [0.717, 1.165) is 29.9 Å². The molecule has 1 unspecified atom stereocenters. The molecule has 2 heterocycles. The molecule has 3 rings (SSSR count). The Labute approximate surface area is 113 Å². The molecule has 1 atom stereocenters. The van der Waals surface area contributed by atoms with Crippen LogP contribution in [0.3, 0.4) is 0 Å². The second kappa shape index (κ2) is 4.26. The van der Waals surface area contributed by atoms with E-state index in [0.29, 0.717) is 0 Å². The first-order valence-electron chi connectivity index (χ1n) is 6.63. The van der Waals surface area contributed by atoms with Gasteiger partial charge in [0.1, 0.15) is 0 Å². The average molecular weight is 253 g/mol. The van der Waals surface area contributed by atoms with Crippen LogP contribution >= 0.6 is 0 Å². The van der Waals surface area contributed by atoms with Crippen LogP contribution in [0.1, 0.15) is 30.0 Å². The summed E-state index contributed by atoms with van der Waals surface area (Å²) in [6, 6.07) is 6.50. The first kappa shape index (κ1) is 12.0. The lowest BCUT2D eigenvalue weighted by molar-refractivity contribution is 0.575. The van der Waals surface area contributed by atoms with Crippen LogP contribution in [0.2, 0.25) is 0 Å². The molecule has 2 aromatic rings. The summed E-state index contributed by atoms with van der Waals surface area (Å²) >= 11 is 0. The number of nitrogens with one attached hydrogen (secondary N) is 1. The Balaban J connectivity index is 2.10. The number of nitrogens with zero attached hydrogens (tertiary/aromatic N) is 2. The van der Waals surface area contributed by atoms with Gasteiger partial charge in [0.25, 0.3) is 0 Å². The Morgan fingerprint density at radius 3 is 2.89 bits per heavy atom. The maximum absolute atomic E-state index is 4.72. The Kier molecular flexibility index (Phi) is 2.70. The van der Waals surface area contributed by atoms with Gasteiger partial charge in [-0.1, -0.05) is 25.3 Å². The van der Waals surface area contributed by atoms with Gasteiger partial charge in [0, 0.05) is 29.7 Å². The lowest BCUT2D eigenvalue weighted by atomic mass is 9.90. The van der Waals surface area contributed by atoms with Gasteiger partial charge in [-0.15, -0.1) is 0 Å². The minimum atomic E-state index is 0.275. The molecule has 0 amide bonds. The molecule has 3 nitrogen and oxygen atoms in total. The number of hydrogen-bond acceptors (Lipinski definition) is 2. The molecule has 1 aliphatic rings. The smallest absolute Gasteiger partial charge is 0.0792 e. The Morgan fingerprint density at radius 2 is 2.16 bits per heavy atom. The SMILES string of the molecule is C=C1CCC(c2nn(C)c3cc(C)ccc23)C(=C)N1. The van der Waals surface area contributed by atoms with Crippen LogP contribution in [0, 0.1) is 6.92 Å². The van der Waals surface area contributed by atoms with Gasteiger partial charge in [-0.2, -0.15) is 5.10 Å². The van der Waals surface area contributed by atoms with Gasteiger partial charge in [-0.25, -0.2) is 0 Å². The van der Waals surface area contributed by atoms with Crippen molar-refractivity contribution >= 4 is 10.9 Å². The molecule has 0 spiro atoms. The molecule has 1 saturated heterocycles. The van der Waals surface area contributed by atoms with Crippen molar-refractivity contribution in [1.82, 2.24) is 15.1 Å². The van der Waals surface area contributed by atoms with Crippen LogP contribution in [0.4, 0.5) is 0 Å². The molecule has 0 aliphatic carbocycles. The van der Waals surface area contributed by atoms with Gasteiger partial charge in [0.05, 0.1) is 11.2 Å². The molecule has 3 heteroatoms. The van der Waals surface area contributed by atoms with Crippen molar-refractivity contribution in [1.29, 1.82) is 0 Å². The Morgan fingerprint density at radius 1 is 1.37 bits per heavy atom. The van der Waals surface area contributed by atoms with E-state index in [4.69, 9.17) is 5.10 Å². The van der Waals surface area contributed by atoms with Crippen molar-refractivity contribution in [2.24, 2.45) is 7.05 Å². The first-order valence-corrected chi connectivity index (χ1v) is 6.63. The van der Waals surface area contributed by atoms with E-state index in [1.165, 1.54) is 16.5 Å². The number of piperidine rings is 1. The van der Waals surface area contributed by atoms with E-state index < -0.39 is 0 Å². The lowest BCUT2D eigenvalue weighted by Crippen LogP contribution is -2.23. The zero-order chi connectivity index (χ0) is 13.6. The van der Waals surface area contributed by atoms with Crippen molar-refractivity contribution in [3.8, 4) is 0 Å². The predicted molar refractivity (Wildman–Crippen MR) is 78.8 cm³/mol. The minimum absolute atomic E-state index is 0.275. The van der Waals surface area contributed by atoms with Crippen LogP contribution < -0.4 is 5.32 Å². The summed E-state index contributed by atoms with van der Waals surface area (Å²) in [7, 11) is 2.00. The summed E-state index contributed by atoms with van der Waals surface area (Å²) in [6.07, 6.45) is 2.01. The van der Waals surface area contributed by atoms with Crippen molar-refractivity contribution in [2.45, 2.75) is 25.7 Å². The number of rotatable bonds is 1. The molecule has 1 N–H and O–H groups in total. The quantitative estimate of drug-likeness (QED) is 0.844. The molecular weight excluding hydrogens is 234 g/mol. The molecule has 98 valence electrons. The van der Waals surface area contributed by atoms with E-state index in [2.05, 4.69) is 43.6 Å². The highest BCUT2D eigenvalue weighted by Gasteiger charge is 2.25. The van der Waals surface area contributed by atoms with Crippen LogP contribution in [0.15, 0.2) is 42.8 Å². The Bertz CT molecular complexity index is 679. The molecular formula is C16H19N3. The third-order valence-corrected chi connectivity index (χ3v) is 3.86. The van der Waals surface area contributed by atoms with Crippen LogP contribution in [-0.2, 0) is 7.05 Å². The predicted octanol–water partition coefficient (Wildman–Crippen LogP) is 3.38. The van der Waals surface area contributed by atoms with E-state index in [1.807, 2.05) is 11.7 Å². The van der Waals surface area contributed by atoms with Crippen LogP contribution in [0.5, 0.6) is 0 Å². The highest BCUT2D eigenvalue weighted by atomic mass is 15.3. The largest absolute Gasteiger partial charge is 0.363 e. The third-order valence-electron chi connectivity index (χ3n) is 3.86. The van der Waals surface area contributed by atoms with Gasteiger partial charge in [0.15, 0.2) is 0 Å². The van der Waals surface area contributed by atoms with Crippen molar-refractivity contribution in [2.75, 3.05) is 0 Å². The summed E-state index contributed by atoms with van der Waals surface area (Å²) in [6.45, 7) is 10.2. The van der Waals surface area contributed by atoms with E-state index in [1.54, 1.807) is 0 Å². The van der Waals surface area contributed by atoms with Crippen molar-refractivity contribution in [3.63, 3.8) is 0 Å². The second-order valence-corrected chi connectivity index (χ2v) is 5.37. The number of hydrogen-bond donors (Lipinski definition) is 1. The average Bonchev–Trinajstić information content (AvgIpc) is 2.66. The highest BCUT2D eigenvalue weighted by Crippen LogP contribution is 2.35. The standard InChI is InChI=1S/C16H19N3/c1-10-5-7-14-15(9-10)19(4)18-16(14)13-8-6-11(2)17-12(13)3/h5,7,9,13,17H,2-3,6,8H2,1,4H3. The summed E-state index contributed by atoms with van der Waals surface area (Å²) < 4.78 is 1.97. The molecule has 1 aromatic carbocycles. The number of benzene rings is 1. The number of allylic oxidation sites excluding steroid dienone is 2. The number of aryl methyl sites for hydroxylation is 2. The van der Waals surface area contributed by atoms with Crippen LogP contribution in [0.25, 0.3) is 10.9 Å². The molecule has 1 aromatic heterocycles. The molecule has 0 bridgehead atoms. The fourth-order valence-corrected chi connectivity index (χ4v) is 2.82. The monoisotopic (exact) mass is 253 g/mol. The van der Waals surface area contributed by atoms with Crippen molar-refractivity contribution in [3.05, 3.63) is 54.0 Å². The first-order chi connectivity index (χ1) is 9.06. The maximum Gasteiger partial charge on any atom is 0.0792 e. The lowest BCUT2D eigenvalue weighted by Gasteiger charge is -2.26. The number of aromatic nitrogens is 2. The van der Waals surface area contributed by atoms with Gasteiger partial charge in [-0.05, 0) is 31.4 Å². The topological polar surface area (TPSA) is 29.9 Å². The summed E-state index contributed by atoms with van der Waals surface area (Å²) in [4.78, 5) is 0. The zero-order valence-electron chi connectivity index (χ0n) is 11.5. The molecule has 1 fully saturated rings. The maximum atomic E-state index is 4.72. The van der Waals surface area contributed by atoms with Gasteiger partial charge < -0.3 is 5.32 Å². The molecule has 0 radical (unpaired) electrons. The molecule has 19 heavy (non-hydrogen) atoms. The normalized spacial score (nSPS) is 19.8. The fourth-order valence-electron chi connectivity index (χ4n) is 2.82. The highest BCUT2D eigenvalue weighted by molar-refractivity contribution is 5.83. The van der Waals surface area contributed by atoms with Gasteiger partial charge in [-0.3, -0.25) is 4.68 Å². The Hall–Kier alpha value is -2.03. The van der Waals surface area contributed by atoms with Gasteiger partial charge in [0.2, 0.25) is 0 Å². The third kappa shape index (κ3) is 1.95. The summed E-state index contributed by atoms with van der Waals surface area (Å²) in [5, 5.41) is 9.22. The van der Waals surface area contributed by atoms with E-state index in [-0.39, 0.29) is 5.92 Å². The van der Waals surface area contributed by atoms with E-state index in [9.17, 15) is 0 Å².